The van der Waals surface area contributed by atoms with Crippen LogP contribution in [0.3, 0.4) is 0 Å². The van der Waals surface area contributed by atoms with Crippen LogP contribution in [-0.2, 0) is 13.0 Å². The maximum absolute atomic E-state index is 4.78. The molecule has 18 heavy (non-hydrogen) atoms. The lowest BCUT2D eigenvalue weighted by molar-refractivity contribution is 0.491. The van der Waals surface area contributed by atoms with Gasteiger partial charge in [0.25, 0.3) is 0 Å². The van der Waals surface area contributed by atoms with Crippen molar-refractivity contribution >= 4 is 11.0 Å². The Labute approximate surface area is 109 Å². The second-order valence-corrected chi connectivity index (χ2v) is 4.63. The summed E-state index contributed by atoms with van der Waals surface area (Å²) in [4.78, 5) is 4.78. The lowest BCUT2D eigenvalue weighted by atomic mass is 10.1. The van der Waals surface area contributed by atoms with Gasteiger partial charge in [-0.15, -0.1) is 0 Å². The zero-order valence-electron chi connectivity index (χ0n) is 11.6. The summed E-state index contributed by atoms with van der Waals surface area (Å²) in [6, 6.07) is 8.92. The second-order valence-electron chi connectivity index (χ2n) is 4.63. The van der Waals surface area contributed by atoms with E-state index >= 15 is 0 Å². The number of aryl methyl sites for hydroxylation is 1. The number of nitrogens with one attached hydrogen (secondary N) is 1. The van der Waals surface area contributed by atoms with Crippen LogP contribution in [0.15, 0.2) is 24.3 Å². The smallest absolute Gasteiger partial charge is 0.111 e. The molecule has 0 aliphatic carbocycles. The molecule has 3 nitrogen and oxygen atoms in total. The van der Waals surface area contributed by atoms with Gasteiger partial charge < -0.3 is 9.88 Å². The monoisotopic (exact) mass is 245 g/mol. The summed E-state index contributed by atoms with van der Waals surface area (Å²) in [7, 11) is 0. The number of hydrogen-bond donors (Lipinski definition) is 1. The number of imidazole rings is 1. The van der Waals surface area contributed by atoms with Gasteiger partial charge >= 0.3 is 0 Å². The molecule has 0 saturated heterocycles. The molecule has 0 aliphatic heterocycles. The van der Waals surface area contributed by atoms with Gasteiger partial charge in [-0.05, 0) is 32.0 Å². The molecule has 0 radical (unpaired) electrons. The molecule has 1 heterocycles. The Bertz CT molecular complexity index is 501. The topological polar surface area (TPSA) is 29.9 Å². The highest BCUT2D eigenvalue weighted by Crippen LogP contribution is 2.17. The molecule has 0 fully saturated rings. The van der Waals surface area contributed by atoms with Crippen LogP contribution in [0.4, 0.5) is 0 Å². The number of nitrogens with zero attached hydrogens (tertiary/aromatic N) is 2. The maximum Gasteiger partial charge on any atom is 0.111 e. The number of hydrogen-bond acceptors (Lipinski definition) is 2. The van der Waals surface area contributed by atoms with Crippen molar-refractivity contribution in [3.05, 3.63) is 30.1 Å². The molecule has 1 N–H and O–H groups in total. The van der Waals surface area contributed by atoms with Gasteiger partial charge in [-0.1, -0.05) is 26.0 Å². The highest BCUT2D eigenvalue weighted by atomic mass is 15.1. The summed E-state index contributed by atoms with van der Waals surface area (Å²) < 4.78 is 2.33. The largest absolute Gasteiger partial charge is 0.328 e. The summed E-state index contributed by atoms with van der Waals surface area (Å²) in [5, 5.41) is 3.52. The van der Waals surface area contributed by atoms with E-state index in [9.17, 15) is 0 Å². The molecule has 0 aliphatic rings. The summed E-state index contributed by atoms with van der Waals surface area (Å²) in [6.45, 7) is 8.58. The van der Waals surface area contributed by atoms with Crippen LogP contribution in [0.25, 0.3) is 11.0 Å². The van der Waals surface area contributed by atoms with Gasteiger partial charge in [-0.25, -0.2) is 4.98 Å². The third-order valence-electron chi connectivity index (χ3n) is 3.46. The molecule has 2 aromatic rings. The Balaban J connectivity index is 2.32. The zero-order chi connectivity index (χ0) is 13.0. The fourth-order valence-electron chi connectivity index (χ4n) is 2.50. The number of likely N-dealkylation sites (N-methyl/N-ethyl adjacent to an activating group) is 1. The Morgan fingerprint density at radius 3 is 2.67 bits per heavy atom. The van der Waals surface area contributed by atoms with Gasteiger partial charge in [-0.2, -0.15) is 0 Å². The number of rotatable bonds is 6. The summed E-state index contributed by atoms with van der Waals surface area (Å²) in [6.07, 6.45) is 2.15. The summed E-state index contributed by atoms with van der Waals surface area (Å²) in [5.41, 5.74) is 2.36. The summed E-state index contributed by atoms with van der Waals surface area (Å²) >= 11 is 0. The molecule has 0 spiro atoms. The van der Waals surface area contributed by atoms with Crippen molar-refractivity contribution in [3.63, 3.8) is 0 Å². The number of benzene rings is 1. The first-order valence-corrected chi connectivity index (χ1v) is 6.97. The Morgan fingerprint density at radius 1 is 1.22 bits per heavy atom. The van der Waals surface area contributed by atoms with E-state index in [1.54, 1.807) is 0 Å². The molecule has 3 heteroatoms. The minimum Gasteiger partial charge on any atom is -0.328 e. The van der Waals surface area contributed by atoms with E-state index in [4.69, 9.17) is 4.98 Å². The van der Waals surface area contributed by atoms with Gasteiger partial charge in [0.05, 0.1) is 11.0 Å². The van der Waals surface area contributed by atoms with Gasteiger partial charge in [0.2, 0.25) is 0 Å². The Morgan fingerprint density at radius 2 is 2.00 bits per heavy atom. The van der Waals surface area contributed by atoms with E-state index in [1.165, 1.54) is 11.3 Å². The number of fused-ring (bicyclic) bond motifs is 1. The lowest BCUT2D eigenvalue weighted by Crippen LogP contribution is -2.31. The highest BCUT2D eigenvalue weighted by Gasteiger charge is 2.13. The molecule has 1 aromatic carbocycles. The van der Waals surface area contributed by atoms with Gasteiger partial charge in [0.15, 0.2) is 0 Å². The van der Waals surface area contributed by atoms with Crippen LogP contribution in [0.5, 0.6) is 0 Å². The molecular formula is C15H23N3. The van der Waals surface area contributed by atoms with E-state index in [0.29, 0.717) is 6.04 Å². The third kappa shape index (κ3) is 2.56. The van der Waals surface area contributed by atoms with E-state index in [-0.39, 0.29) is 0 Å². The van der Waals surface area contributed by atoms with Gasteiger partial charge in [0, 0.05) is 19.0 Å². The molecule has 0 bridgehead atoms. The van der Waals surface area contributed by atoms with Crippen LogP contribution in [0, 0.1) is 0 Å². The van der Waals surface area contributed by atoms with Crippen LogP contribution in [0.2, 0.25) is 0 Å². The van der Waals surface area contributed by atoms with Gasteiger partial charge in [0.1, 0.15) is 5.82 Å². The van der Waals surface area contributed by atoms with Crippen LogP contribution >= 0.6 is 0 Å². The first kappa shape index (κ1) is 13.1. The second kappa shape index (κ2) is 6.01. The molecular weight excluding hydrogens is 222 g/mol. The minimum atomic E-state index is 0.525. The van der Waals surface area contributed by atoms with Crippen molar-refractivity contribution in [3.8, 4) is 0 Å². The molecule has 2 rings (SSSR count). The molecule has 1 aromatic heterocycles. The Kier molecular flexibility index (Phi) is 4.37. The van der Waals surface area contributed by atoms with Crippen LogP contribution in [0.1, 0.15) is 33.0 Å². The number of aromatic nitrogens is 2. The van der Waals surface area contributed by atoms with E-state index in [0.717, 1.165) is 31.4 Å². The predicted molar refractivity (Wildman–Crippen MR) is 76.9 cm³/mol. The first-order valence-electron chi connectivity index (χ1n) is 6.97. The predicted octanol–water partition coefficient (Wildman–Crippen LogP) is 2.99. The molecule has 1 atom stereocenters. The van der Waals surface area contributed by atoms with E-state index < -0.39 is 0 Å². The standard InChI is InChI=1S/C15H23N3/c1-4-12(16-5-2)11-15-17-13-9-7-8-10-14(13)18(15)6-3/h7-10,12,16H,4-6,11H2,1-3H3. The summed E-state index contributed by atoms with van der Waals surface area (Å²) in [5.74, 6) is 1.20. The van der Waals surface area contributed by atoms with Crippen molar-refractivity contribution < 1.29 is 0 Å². The number of para-hydroxylation sites is 2. The molecule has 0 amide bonds. The third-order valence-corrected chi connectivity index (χ3v) is 3.46. The van der Waals surface area contributed by atoms with Crippen molar-refractivity contribution in [1.29, 1.82) is 0 Å². The van der Waals surface area contributed by atoms with Crippen molar-refractivity contribution in [2.24, 2.45) is 0 Å². The van der Waals surface area contributed by atoms with Crippen molar-refractivity contribution in [2.45, 2.75) is 46.2 Å². The fraction of sp³-hybridized carbons (Fsp3) is 0.533. The Hall–Kier alpha value is -1.35. The molecule has 1 unspecified atom stereocenters. The quantitative estimate of drug-likeness (QED) is 0.848. The van der Waals surface area contributed by atoms with Gasteiger partial charge in [-0.3, -0.25) is 0 Å². The average Bonchev–Trinajstić information content (AvgIpc) is 2.75. The normalized spacial score (nSPS) is 13.1. The van der Waals surface area contributed by atoms with E-state index in [2.05, 4.69) is 54.9 Å². The average molecular weight is 245 g/mol. The van der Waals surface area contributed by atoms with Crippen molar-refractivity contribution in [1.82, 2.24) is 14.9 Å². The highest BCUT2D eigenvalue weighted by molar-refractivity contribution is 5.75. The van der Waals surface area contributed by atoms with Crippen LogP contribution in [-0.4, -0.2) is 22.1 Å². The molecule has 0 saturated carbocycles. The first-order chi connectivity index (χ1) is 8.80. The van der Waals surface area contributed by atoms with Crippen LogP contribution < -0.4 is 5.32 Å². The zero-order valence-corrected chi connectivity index (χ0v) is 11.6. The van der Waals surface area contributed by atoms with Crippen molar-refractivity contribution in [2.75, 3.05) is 6.54 Å². The SMILES string of the molecule is CCNC(CC)Cc1nc2ccccc2n1CC. The lowest BCUT2D eigenvalue weighted by Gasteiger charge is -2.16. The fourth-order valence-corrected chi connectivity index (χ4v) is 2.50. The van der Waals surface area contributed by atoms with E-state index in [1.807, 2.05) is 0 Å². The minimum absolute atomic E-state index is 0.525. The maximum atomic E-state index is 4.78. The molecule has 98 valence electrons.